The third-order valence-corrected chi connectivity index (χ3v) is 2.84. The molecule has 3 N–H and O–H groups in total. The third-order valence-electron chi connectivity index (χ3n) is 2.56. The molecule has 0 radical (unpaired) electrons. The molecule has 1 heterocycles. The number of rotatable bonds is 1. The van der Waals surface area contributed by atoms with Gasteiger partial charge in [0.05, 0.1) is 5.92 Å². The Kier molecular flexibility index (Phi) is 2.06. The van der Waals surface area contributed by atoms with Crippen LogP contribution in [0.4, 0.5) is 8.78 Å². The number of aromatic nitrogens is 3. The van der Waals surface area contributed by atoms with Gasteiger partial charge in [0.1, 0.15) is 0 Å². The van der Waals surface area contributed by atoms with Crippen LogP contribution in [0.2, 0.25) is 0 Å². The second-order valence-corrected chi connectivity index (χ2v) is 3.85. The molecular formula is C7H10F2N4S. The zero-order valence-electron chi connectivity index (χ0n) is 7.33. The zero-order chi connectivity index (χ0) is 10.3. The molecule has 78 valence electrons. The molecule has 0 amide bonds. The van der Waals surface area contributed by atoms with Gasteiger partial charge >= 0.3 is 0 Å². The maximum atomic E-state index is 13.3. The number of nitrogens with two attached hydrogens (primary N) is 1. The molecule has 4 nitrogen and oxygen atoms in total. The fourth-order valence-electron chi connectivity index (χ4n) is 1.81. The maximum absolute atomic E-state index is 13.3. The molecule has 1 aliphatic rings. The van der Waals surface area contributed by atoms with E-state index in [4.69, 9.17) is 18.1 Å². The molecule has 7 heteroatoms. The molecule has 0 bridgehead atoms. The first-order valence-corrected chi connectivity index (χ1v) is 4.73. The van der Waals surface area contributed by atoms with Crippen LogP contribution in [0.25, 0.3) is 0 Å². The fourth-order valence-corrected chi connectivity index (χ4v) is 1.95. The van der Waals surface area contributed by atoms with Crippen LogP contribution in [0.3, 0.4) is 0 Å². The van der Waals surface area contributed by atoms with Crippen LogP contribution < -0.4 is 5.84 Å². The number of nitrogens with one attached hydrogen (secondary N) is 1. The number of hydrogen-bond acceptors (Lipinski definition) is 3. The van der Waals surface area contributed by atoms with E-state index < -0.39 is 11.8 Å². The lowest BCUT2D eigenvalue weighted by Crippen LogP contribution is -2.25. The van der Waals surface area contributed by atoms with Crippen molar-refractivity contribution in [1.82, 2.24) is 14.9 Å². The van der Waals surface area contributed by atoms with Gasteiger partial charge in [-0.3, -0.25) is 5.10 Å². The van der Waals surface area contributed by atoms with Crippen LogP contribution in [0.1, 0.15) is 31.0 Å². The first-order chi connectivity index (χ1) is 6.52. The molecule has 1 atom stereocenters. The van der Waals surface area contributed by atoms with Gasteiger partial charge < -0.3 is 5.84 Å². The van der Waals surface area contributed by atoms with Gasteiger partial charge in [-0.15, -0.1) is 0 Å². The molecule has 14 heavy (non-hydrogen) atoms. The Labute approximate surface area is 84.1 Å². The van der Waals surface area contributed by atoms with E-state index in [0.717, 1.165) is 4.68 Å². The number of H-pyrrole nitrogens is 1. The Morgan fingerprint density at radius 2 is 2.36 bits per heavy atom. The summed E-state index contributed by atoms with van der Waals surface area (Å²) >= 11 is 4.76. The second kappa shape index (κ2) is 3.01. The molecule has 1 aromatic rings. The summed E-state index contributed by atoms with van der Waals surface area (Å²) in [4.78, 5) is 0. The number of nitrogen functional groups attached to an aromatic ring is 1. The lowest BCUT2D eigenvalue weighted by molar-refractivity contribution is -0.0119. The Bertz CT molecular complexity index is 397. The molecule has 1 unspecified atom stereocenters. The quantitative estimate of drug-likeness (QED) is 0.557. The number of alkyl halides is 2. The number of aromatic amines is 1. The van der Waals surface area contributed by atoms with Crippen LogP contribution >= 0.6 is 12.2 Å². The lowest BCUT2D eigenvalue weighted by Gasteiger charge is -2.17. The van der Waals surface area contributed by atoms with Gasteiger partial charge in [-0.25, -0.2) is 13.5 Å². The van der Waals surface area contributed by atoms with E-state index in [1.165, 1.54) is 0 Å². The predicted octanol–water partition coefficient (Wildman–Crippen LogP) is 1.56. The Balaban J connectivity index is 2.40. The minimum absolute atomic E-state index is 0.0999. The third kappa shape index (κ3) is 1.31. The Hall–Kier alpha value is -0.980. The molecule has 2 rings (SSSR count). The first kappa shape index (κ1) is 9.57. The van der Waals surface area contributed by atoms with Gasteiger partial charge in [-0.05, 0) is 25.1 Å². The van der Waals surface area contributed by atoms with Crippen LogP contribution in [0, 0.1) is 4.77 Å². The normalized spacial score (nSPS) is 25.4. The van der Waals surface area contributed by atoms with Crippen molar-refractivity contribution in [2.75, 3.05) is 5.84 Å². The Morgan fingerprint density at radius 1 is 1.64 bits per heavy atom. The monoisotopic (exact) mass is 220 g/mol. The summed E-state index contributed by atoms with van der Waals surface area (Å²) in [6.07, 6.45) is 0.804. The van der Waals surface area contributed by atoms with E-state index in [1.807, 2.05) is 0 Å². The standard InChI is InChI=1S/C7H10F2N4S/c8-7(9)3-1-2-4(7)5-11-12-6(14)13(5)10/h4H,1-3,10H2,(H,12,14). The SMILES string of the molecule is Nn1c(C2CCCC2(F)F)n[nH]c1=S. The van der Waals surface area contributed by atoms with Gasteiger partial charge in [-0.2, -0.15) is 5.10 Å². The minimum atomic E-state index is -2.71. The smallest absolute Gasteiger partial charge is 0.258 e. The van der Waals surface area contributed by atoms with Crippen LogP contribution in [-0.4, -0.2) is 20.8 Å². The summed E-state index contributed by atoms with van der Waals surface area (Å²) in [6.45, 7) is 0. The minimum Gasteiger partial charge on any atom is -0.335 e. The highest BCUT2D eigenvalue weighted by Crippen LogP contribution is 2.45. The van der Waals surface area contributed by atoms with Crippen molar-refractivity contribution in [3.63, 3.8) is 0 Å². The second-order valence-electron chi connectivity index (χ2n) is 3.46. The van der Waals surface area contributed by atoms with E-state index in [9.17, 15) is 8.78 Å². The topological polar surface area (TPSA) is 59.6 Å². The molecule has 0 aliphatic heterocycles. The van der Waals surface area contributed by atoms with Crippen LogP contribution in [-0.2, 0) is 0 Å². The van der Waals surface area contributed by atoms with E-state index in [0.29, 0.717) is 12.8 Å². The highest BCUT2D eigenvalue weighted by Gasteiger charge is 2.47. The maximum Gasteiger partial charge on any atom is 0.258 e. The van der Waals surface area contributed by atoms with Crippen molar-refractivity contribution in [1.29, 1.82) is 0 Å². The molecule has 1 saturated carbocycles. The summed E-state index contributed by atoms with van der Waals surface area (Å²) in [5.41, 5.74) is 0. The van der Waals surface area contributed by atoms with Crippen molar-refractivity contribution >= 4 is 12.2 Å². The van der Waals surface area contributed by atoms with Crippen LogP contribution in [0.15, 0.2) is 0 Å². The first-order valence-electron chi connectivity index (χ1n) is 4.32. The van der Waals surface area contributed by atoms with E-state index in [1.54, 1.807) is 0 Å². The molecule has 0 saturated heterocycles. The molecule has 1 fully saturated rings. The molecule has 0 spiro atoms. The summed E-state index contributed by atoms with van der Waals surface area (Å²) < 4.78 is 27.9. The van der Waals surface area contributed by atoms with Crippen molar-refractivity contribution in [3.05, 3.63) is 10.6 Å². The van der Waals surface area contributed by atoms with Gasteiger partial charge in [0.2, 0.25) is 4.77 Å². The summed E-state index contributed by atoms with van der Waals surface area (Å²) in [7, 11) is 0. The fraction of sp³-hybridized carbons (Fsp3) is 0.714. The molecule has 1 aliphatic carbocycles. The molecule has 0 aromatic carbocycles. The van der Waals surface area contributed by atoms with E-state index in [-0.39, 0.29) is 17.0 Å². The number of halogens is 2. The van der Waals surface area contributed by atoms with E-state index in [2.05, 4.69) is 10.2 Å². The molecule has 1 aromatic heterocycles. The van der Waals surface area contributed by atoms with Gasteiger partial charge in [0.25, 0.3) is 5.92 Å². The summed E-state index contributed by atoms with van der Waals surface area (Å²) in [5, 5.41) is 6.14. The van der Waals surface area contributed by atoms with Gasteiger partial charge in [0.15, 0.2) is 5.82 Å². The highest BCUT2D eigenvalue weighted by molar-refractivity contribution is 7.71. The predicted molar refractivity (Wildman–Crippen MR) is 49.1 cm³/mol. The van der Waals surface area contributed by atoms with Crippen molar-refractivity contribution in [2.24, 2.45) is 0 Å². The number of hydrogen-bond donors (Lipinski definition) is 2. The Morgan fingerprint density at radius 3 is 2.79 bits per heavy atom. The van der Waals surface area contributed by atoms with E-state index >= 15 is 0 Å². The summed E-state index contributed by atoms with van der Waals surface area (Å²) in [5.74, 6) is 2.03. The summed E-state index contributed by atoms with van der Waals surface area (Å²) in [6, 6.07) is 0. The largest absolute Gasteiger partial charge is 0.335 e. The highest BCUT2D eigenvalue weighted by atomic mass is 32.1. The van der Waals surface area contributed by atoms with Crippen molar-refractivity contribution in [3.8, 4) is 0 Å². The zero-order valence-corrected chi connectivity index (χ0v) is 8.15. The molecular weight excluding hydrogens is 210 g/mol. The van der Waals surface area contributed by atoms with Crippen molar-refractivity contribution < 1.29 is 8.78 Å². The number of nitrogens with zero attached hydrogens (tertiary/aromatic N) is 2. The average Bonchev–Trinajstić information content (AvgIpc) is 2.59. The van der Waals surface area contributed by atoms with Gasteiger partial charge in [0, 0.05) is 6.42 Å². The average molecular weight is 220 g/mol. The van der Waals surface area contributed by atoms with Gasteiger partial charge in [-0.1, -0.05) is 0 Å². The van der Waals surface area contributed by atoms with Crippen LogP contribution in [0.5, 0.6) is 0 Å². The lowest BCUT2D eigenvalue weighted by atomic mass is 10.0. The van der Waals surface area contributed by atoms with Crippen molar-refractivity contribution in [2.45, 2.75) is 31.1 Å².